The Morgan fingerprint density at radius 2 is 1.89 bits per heavy atom. The second kappa shape index (κ2) is 4.82. The molecule has 1 atom stereocenters. The summed E-state index contributed by atoms with van der Waals surface area (Å²) in [5.74, 6) is 1.01. The molecule has 0 aliphatic carbocycles. The minimum Gasteiger partial charge on any atom is -0.419 e. The molecule has 2 aromatic carbocycles. The molecule has 0 aliphatic heterocycles. The number of fused-ring (bicyclic) bond motifs is 1. The first-order valence-electron chi connectivity index (χ1n) is 6.36. The molecule has 1 aromatic heterocycles. The smallest absolute Gasteiger partial charge is 0.248 e. The van der Waals surface area contributed by atoms with E-state index in [4.69, 9.17) is 10.2 Å². The average Bonchev–Trinajstić information content (AvgIpc) is 2.95. The molecule has 4 nitrogen and oxygen atoms in total. The maximum atomic E-state index is 5.90. The van der Waals surface area contributed by atoms with E-state index in [1.807, 2.05) is 37.3 Å². The maximum absolute atomic E-state index is 5.90. The Hall–Kier alpha value is -2.20. The van der Waals surface area contributed by atoms with Crippen molar-refractivity contribution in [3.8, 4) is 11.5 Å². The molecule has 1 unspecified atom stereocenters. The van der Waals surface area contributed by atoms with Crippen molar-refractivity contribution in [2.75, 3.05) is 0 Å². The third-order valence-electron chi connectivity index (χ3n) is 3.22. The van der Waals surface area contributed by atoms with Crippen molar-refractivity contribution in [3.05, 3.63) is 48.4 Å². The summed E-state index contributed by atoms with van der Waals surface area (Å²) >= 11 is 0. The number of nitrogens with zero attached hydrogens (tertiary/aromatic N) is 2. The quantitative estimate of drug-likeness (QED) is 0.777. The molecular weight excluding hydrogens is 238 g/mol. The molecule has 0 amide bonds. The van der Waals surface area contributed by atoms with Gasteiger partial charge in [-0.1, -0.05) is 43.3 Å². The van der Waals surface area contributed by atoms with Gasteiger partial charge >= 0.3 is 0 Å². The second-order valence-electron chi connectivity index (χ2n) is 4.49. The summed E-state index contributed by atoms with van der Waals surface area (Å²) in [7, 11) is 0. The molecule has 0 fully saturated rings. The van der Waals surface area contributed by atoms with Gasteiger partial charge in [-0.05, 0) is 23.3 Å². The number of rotatable bonds is 3. The first-order chi connectivity index (χ1) is 9.29. The number of aromatic nitrogens is 2. The van der Waals surface area contributed by atoms with Crippen LogP contribution in [-0.2, 0) is 0 Å². The van der Waals surface area contributed by atoms with Gasteiger partial charge in [-0.3, -0.25) is 0 Å². The Kier molecular flexibility index (Phi) is 3.01. The fourth-order valence-corrected chi connectivity index (χ4v) is 2.08. The van der Waals surface area contributed by atoms with Crippen LogP contribution < -0.4 is 5.73 Å². The van der Waals surface area contributed by atoms with Gasteiger partial charge in [0.05, 0.1) is 6.04 Å². The molecule has 96 valence electrons. The van der Waals surface area contributed by atoms with Crippen LogP contribution in [0.25, 0.3) is 22.2 Å². The molecule has 0 spiro atoms. The Bertz CT molecular complexity index is 700. The molecule has 0 bridgehead atoms. The van der Waals surface area contributed by atoms with Crippen LogP contribution in [0.15, 0.2) is 46.9 Å². The first kappa shape index (κ1) is 11.9. The summed E-state index contributed by atoms with van der Waals surface area (Å²) in [6.45, 7) is 1.99. The van der Waals surface area contributed by atoms with Gasteiger partial charge in [0, 0.05) is 5.56 Å². The van der Waals surface area contributed by atoms with Crippen LogP contribution in [0.5, 0.6) is 0 Å². The molecule has 0 saturated heterocycles. The van der Waals surface area contributed by atoms with E-state index in [0.717, 1.165) is 22.8 Å². The minimum atomic E-state index is -0.198. The molecule has 1 heterocycles. The van der Waals surface area contributed by atoms with Crippen LogP contribution in [0.2, 0.25) is 0 Å². The van der Waals surface area contributed by atoms with Gasteiger partial charge < -0.3 is 10.2 Å². The summed E-state index contributed by atoms with van der Waals surface area (Å²) in [6, 6.07) is 14.0. The van der Waals surface area contributed by atoms with E-state index in [1.165, 1.54) is 0 Å². The monoisotopic (exact) mass is 253 g/mol. The second-order valence-corrected chi connectivity index (χ2v) is 4.49. The molecule has 3 rings (SSSR count). The van der Waals surface area contributed by atoms with Crippen molar-refractivity contribution in [2.45, 2.75) is 19.4 Å². The lowest BCUT2D eigenvalue weighted by Crippen LogP contribution is -2.08. The van der Waals surface area contributed by atoms with Crippen molar-refractivity contribution < 1.29 is 4.42 Å². The van der Waals surface area contributed by atoms with Gasteiger partial charge in [0.15, 0.2) is 0 Å². The highest BCUT2D eigenvalue weighted by Crippen LogP contribution is 2.28. The van der Waals surface area contributed by atoms with Gasteiger partial charge in [-0.2, -0.15) is 0 Å². The zero-order valence-electron chi connectivity index (χ0n) is 10.7. The zero-order chi connectivity index (χ0) is 13.2. The summed E-state index contributed by atoms with van der Waals surface area (Å²) < 4.78 is 5.68. The fraction of sp³-hybridized carbons (Fsp3) is 0.200. The lowest BCUT2D eigenvalue weighted by Gasteiger charge is -2.03. The van der Waals surface area contributed by atoms with Crippen LogP contribution in [0, 0.1) is 0 Å². The van der Waals surface area contributed by atoms with E-state index < -0.39 is 0 Å². The summed E-state index contributed by atoms with van der Waals surface area (Å²) in [5.41, 5.74) is 6.85. The Morgan fingerprint density at radius 3 is 2.74 bits per heavy atom. The SMILES string of the molecule is CCC(N)c1nnc(-c2cccc3ccccc23)o1. The van der Waals surface area contributed by atoms with E-state index in [9.17, 15) is 0 Å². The summed E-state index contributed by atoms with van der Waals surface area (Å²) in [5, 5.41) is 10.4. The zero-order valence-corrected chi connectivity index (χ0v) is 10.7. The van der Waals surface area contributed by atoms with Gasteiger partial charge in [0.25, 0.3) is 0 Å². The van der Waals surface area contributed by atoms with Crippen LogP contribution in [0.4, 0.5) is 0 Å². The highest BCUT2D eigenvalue weighted by molar-refractivity contribution is 5.94. The van der Waals surface area contributed by atoms with Crippen molar-refractivity contribution in [3.63, 3.8) is 0 Å². The highest BCUT2D eigenvalue weighted by Gasteiger charge is 2.15. The highest BCUT2D eigenvalue weighted by atomic mass is 16.4. The lowest BCUT2D eigenvalue weighted by molar-refractivity contribution is 0.453. The summed E-state index contributed by atoms with van der Waals surface area (Å²) in [6.07, 6.45) is 0.775. The van der Waals surface area contributed by atoms with Crippen molar-refractivity contribution in [1.29, 1.82) is 0 Å². The van der Waals surface area contributed by atoms with Crippen molar-refractivity contribution >= 4 is 10.8 Å². The molecular formula is C15H15N3O. The number of hydrogen-bond donors (Lipinski definition) is 1. The first-order valence-corrected chi connectivity index (χ1v) is 6.36. The predicted molar refractivity (Wildman–Crippen MR) is 74.5 cm³/mol. The normalized spacial score (nSPS) is 12.7. The van der Waals surface area contributed by atoms with Crippen molar-refractivity contribution in [1.82, 2.24) is 10.2 Å². The Labute approximate surface area is 111 Å². The topological polar surface area (TPSA) is 64.9 Å². The molecule has 19 heavy (non-hydrogen) atoms. The lowest BCUT2D eigenvalue weighted by atomic mass is 10.0. The van der Waals surface area contributed by atoms with E-state index in [0.29, 0.717) is 11.8 Å². The Balaban J connectivity index is 2.12. The fourth-order valence-electron chi connectivity index (χ4n) is 2.08. The number of hydrogen-bond acceptors (Lipinski definition) is 4. The standard InChI is InChI=1S/C15H15N3O/c1-2-13(16)15-18-17-14(19-15)12-9-5-7-10-6-3-4-8-11(10)12/h3-9,13H,2,16H2,1H3. The predicted octanol–water partition coefficient (Wildman–Crippen LogP) is 3.30. The molecule has 2 N–H and O–H groups in total. The van der Waals surface area contributed by atoms with E-state index in [-0.39, 0.29) is 6.04 Å². The molecule has 4 heteroatoms. The van der Waals surface area contributed by atoms with Crippen LogP contribution in [-0.4, -0.2) is 10.2 Å². The molecule has 0 aliphatic rings. The summed E-state index contributed by atoms with van der Waals surface area (Å²) in [4.78, 5) is 0. The average molecular weight is 253 g/mol. The minimum absolute atomic E-state index is 0.198. The van der Waals surface area contributed by atoms with Crippen LogP contribution in [0.3, 0.4) is 0 Å². The van der Waals surface area contributed by atoms with Gasteiger partial charge in [-0.15, -0.1) is 10.2 Å². The third kappa shape index (κ3) is 2.11. The maximum Gasteiger partial charge on any atom is 0.248 e. The van der Waals surface area contributed by atoms with E-state index >= 15 is 0 Å². The van der Waals surface area contributed by atoms with Gasteiger partial charge in [0.1, 0.15) is 0 Å². The largest absolute Gasteiger partial charge is 0.419 e. The third-order valence-corrected chi connectivity index (χ3v) is 3.22. The van der Waals surface area contributed by atoms with Crippen molar-refractivity contribution in [2.24, 2.45) is 5.73 Å². The number of benzene rings is 2. The molecule has 0 saturated carbocycles. The number of nitrogens with two attached hydrogens (primary N) is 1. The molecule has 3 aromatic rings. The van der Waals surface area contributed by atoms with Gasteiger partial charge in [-0.25, -0.2) is 0 Å². The van der Waals surface area contributed by atoms with Gasteiger partial charge in [0.2, 0.25) is 11.8 Å². The van der Waals surface area contributed by atoms with Crippen LogP contribution >= 0.6 is 0 Å². The van der Waals surface area contributed by atoms with E-state index in [1.54, 1.807) is 0 Å². The Morgan fingerprint density at radius 1 is 1.11 bits per heavy atom. The van der Waals surface area contributed by atoms with Crippen LogP contribution in [0.1, 0.15) is 25.3 Å². The van der Waals surface area contributed by atoms with E-state index in [2.05, 4.69) is 22.3 Å². The molecule has 0 radical (unpaired) electrons.